The van der Waals surface area contributed by atoms with E-state index < -0.39 is 4.92 Å². The largest absolute Gasteiger partial charge is 0.349 e. The Labute approximate surface area is 135 Å². The van der Waals surface area contributed by atoms with Gasteiger partial charge >= 0.3 is 0 Å². The minimum absolute atomic E-state index is 0.0659. The van der Waals surface area contributed by atoms with Gasteiger partial charge in [-0.3, -0.25) is 14.9 Å². The minimum Gasteiger partial charge on any atom is -0.349 e. The van der Waals surface area contributed by atoms with Crippen LogP contribution in [0.2, 0.25) is 0 Å². The van der Waals surface area contributed by atoms with Crippen LogP contribution in [0.25, 0.3) is 0 Å². The zero-order valence-electron chi connectivity index (χ0n) is 13.3. The lowest BCUT2D eigenvalue weighted by atomic mass is 9.54. The number of nitrogens with zero attached hydrogens (tertiary/aromatic N) is 1. The monoisotopic (exact) mass is 314 g/mol. The summed E-state index contributed by atoms with van der Waals surface area (Å²) in [6.45, 7) is 1.68. The predicted molar refractivity (Wildman–Crippen MR) is 86.1 cm³/mol. The van der Waals surface area contributed by atoms with Crippen molar-refractivity contribution in [3.05, 3.63) is 39.4 Å². The van der Waals surface area contributed by atoms with Gasteiger partial charge in [0.1, 0.15) is 0 Å². The van der Waals surface area contributed by atoms with Crippen LogP contribution in [0.1, 0.15) is 48.0 Å². The molecule has 0 spiro atoms. The third-order valence-electron chi connectivity index (χ3n) is 6.18. The predicted octanol–water partition coefficient (Wildman–Crippen LogP) is 3.46. The molecule has 122 valence electrons. The average molecular weight is 314 g/mol. The van der Waals surface area contributed by atoms with E-state index in [1.165, 1.54) is 38.2 Å². The molecule has 0 aliphatic heterocycles. The number of aryl methyl sites for hydroxylation is 1. The van der Waals surface area contributed by atoms with Crippen molar-refractivity contribution in [2.24, 2.45) is 23.7 Å². The molecule has 0 unspecified atom stereocenters. The first-order valence-electron chi connectivity index (χ1n) is 8.57. The summed E-state index contributed by atoms with van der Waals surface area (Å²) in [4.78, 5) is 23.1. The number of hydrogen-bond acceptors (Lipinski definition) is 3. The van der Waals surface area contributed by atoms with Gasteiger partial charge in [-0.25, -0.2) is 0 Å². The van der Waals surface area contributed by atoms with Crippen LogP contribution >= 0.6 is 0 Å². The van der Waals surface area contributed by atoms with Crippen molar-refractivity contribution in [2.45, 2.75) is 45.1 Å². The molecular formula is C18H22N2O3. The minimum atomic E-state index is -0.408. The van der Waals surface area contributed by atoms with Gasteiger partial charge in [0.15, 0.2) is 0 Å². The quantitative estimate of drug-likeness (QED) is 0.686. The van der Waals surface area contributed by atoms with E-state index in [1.54, 1.807) is 19.1 Å². The fourth-order valence-corrected chi connectivity index (χ4v) is 5.40. The maximum absolute atomic E-state index is 12.6. The second-order valence-electron chi connectivity index (χ2n) is 7.69. The maximum atomic E-state index is 12.6. The lowest BCUT2D eigenvalue weighted by Crippen LogP contribution is -2.55. The van der Waals surface area contributed by atoms with Crippen molar-refractivity contribution < 1.29 is 9.72 Å². The van der Waals surface area contributed by atoms with Crippen LogP contribution in [0.3, 0.4) is 0 Å². The van der Waals surface area contributed by atoms with Crippen LogP contribution in [-0.2, 0) is 0 Å². The molecule has 5 rings (SSSR count). The molecule has 0 atom stereocenters. The van der Waals surface area contributed by atoms with Crippen molar-refractivity contribution in [1.82, 2.24) is 5.32 Å². The summed E-state index contributed by atoms with van der Waals surface area (Å²) in [7, 11) is 0. The molecule has 0 saturated heterocycles. The topological polar surface area (TPSA) is 72.2 Å². The molecule has 5 heteroatoms. The second kappa shape index (κ2) is 5.32. The molecule has 0 heterocycles. The number of hydrogen-bond donors (Lipinski definition) is 1. The lowest BCUT2D eigenvalue weighted by Gasteiger charge is -2.54. The smallest absolute Gasteiger partial charge is 0.272 e. The second-order valence-corrected chi connectivity index (χ2v) is 7.69. The van der Waals surface area contributed by atoms with Gasteiger partial charge in [0, 0.05) is 23.2 Å². The number of nitro benzene ring substituents is 1. The van der Waals surface area contributed by atoms with Crippen molar-refractivity contribution in [3.63, 3.8) is 0 Å². The summed E-state index contributed by atoms with van der Waals surface area (Å²) >= 11 is 0. The van der Waals surface area contributed by atoms with E-state index in [0.29, 0.717) is 29.0 Å². The molecule has 0 radical (unpaired) electrons. The van der Waals surface area contributed by atoms with Gasteiger partial charge in [0.25, 0.3) is 11.6 Å². The van der Waals surface area contributed by atoms with Crippen LogP contribution in [0, 0.1) is 40.7 Å². The molecule has 5 nitrogen and oxygen atoms in total. The highest BCUT2D eigenvalue weighted by molar-refractivity contribution is 5.95. The highest BCUT2D eigenvalue weighted by Gasteiger charge is 2.48. The Bertz CT molecular complexity index is 642. The van der Waals surface area contributed by atoms with Crippen LogP contribution < -0.4 is 5.32 Å². The maximum Gasteiger partial charge on any atom is 0.272 e. The molecule has 4 saturated carbocycles. The van der Waals surface area contributed by atoms with Crippen LogP contribution in [0.5, 0.6) is 0 Å². The molecule has 1 amide bonds. The van der Waals surface area contributed by atoms with Gasteiger partial charge < -0.3 is 5.32 Å². The van der Waals surface area contributed by atoms with Gasteiger partial charge in [-0.15, -0.1) is 0 Å². The van der Waals surface area contributed by atoms with Crippen molar-refractivity contribution >= 4 is 11.6 Å². The molecule has 1 aromatic rings. The molecule has 4 bridgehead atoms. The van der Waals surface area contributed by atoms with Crippen molar-refractivity contribution in [1.29, 1.82) is 0 Å². The van der Waals surface area contributed by atoms with Gasteiger partial charge in [0.05, 0.1) is 4.92 Å². The molecule has 1 aromatic carbocycles. The lowest BCUT2D eigenvalue weighted by molar-refractivity contribution is -0.385. The summed E-state index contributed by atoms with van der Waals surface area (Å²) < 4.78 is 0. The number of carbonyl (C=O) groups is 1. The summed E-state index contributed by atoms with van der Waals surface area (Å²) in [5.74, 6) is 2.95. The first-order valence-corrected chi connectivity index (χ1v) is 8.57. The van der Waals surface area contributed by atoms with Gasteiger partial charge in [-0.2, -0.15) is 0 Å². The van der Waals surface area contributed by atoms with Crippen molar-refractivity contribution in [2.75, 3.05) is 0 Å². The fraction of sp³-hybridized carbons (Fsp3) is 0.611. The molecule has 1 N–H and O–H groups in total. The number of amides is 1. The Morgan fingerprint density at radius 3 is 2.26 bits per heavy atom. The third-order valence-corrected chi connectivity index (χ3v) is 6.18. The van der Waals surface area contributed by atoms with Gasteiger partial charge in [-0.1, -0.05) is 0 Å². The summed E-state index contributed by atoms with van der Waals surface area (Å²) in [5.41, 5.74) is 1.13. The number of nitro groups is 1. The number of rotatable bonds is 3. The Balaban J connectivity index is 1.50. The Hall–Kier alpha value is -1.91. The standard InChI is InChI=1S/C18H22N2O3/c1-10-4-13(2-3-16(10)20(22)23)18(21)19-17-14-6-11-5-12(8-14)9-15(17)7-11/h2-4,11-12,14-15,17H,5-9H2,1H3,(H,19,21). The summed E-state index contributed by atoms with van der Waals surface area (Å²) in [6, 6.07) is 4.92. The molecule has 4 aliphatic carbocycles. The molecular weight excluding hydrogens is 292 g/mol. The van der Waals surface area contributed by atoms with E-state index in [-0.39, 0.29) is 11.6 Å². The first kappa shape index (κ1) is 14.7. The first-order chi connectivity index (χ1) is 11.0. The summed E-state index contributed by atoms with van der Waals surface area (Å²) in [6.07, 6.45) is 6.44. The van der Waals surface area contributed by atoms with E-state index in [9.17, 15) is 14.9 Å². The van der Waals surface area contributed by atoms with Gasteiger partial charge in [-0.05, 0) is 74.8 Å². The van der Waals surface area contributed by atoms with Gasteiger partial charge in [0.2, 0.25) is 0 Å². The SMILES string of the molecule is Cc1cc(C(=O)NC2C3CC4CC(C3)CC2C4)ccc1[N+](=O)[O-]. The number of benzene rings is 1. The molecule has 4 fully saturated rings. The summed E-state index contributed by atoms with van der Waals surface area (Å²) in [5, 5.41) is 14.1. The van der Waals surface area contributed by atoms with Crippen molar-refractivity contribution in [3.8, 4) is 0 Å². The third kappa shape index (κ3) is 2.52. The molecule has 0 aromatic heterocycles. The van der Waals surface area contributed by atoms with Crippen LogP contribution in [0.4, 0.5) is 5.69 Å². The number of nitrogens with one attached hydrogen (secondary N) is 1. The zero-order chi connectivity index (χ0) is 16.1. The Morgan fingerprint density at radius 1 is 1.13 bits per heavy atom. The molecule has 23 heavy (non-hydrogen) atoms. The normalized spacial score (nSPS) is 34.4. The fourth-order valence-electron chi connectivity index (χ4n) is 5.40. The van der Waals surface area contributed by atoms with E-state index in [1.807, 2.05) is 0 Å². The Kier molecular flexibility index (Phi) is 3.39. The van der Waals surface area contributed by atoms with E-state index >= 15 is 0 Å². The van der Waals surface area contributed by atoms with E-state index in [4.69, 9.17) is 0 Å². The zero-order valence-corrected chi connectivity index (χ0v) is 13.3. The number of carbonyl (C=O) groups excluding carboxylic acids is 1. The van der Waals surface area contributed by atoms with E-state index in [2.05, 4.69) is 5.32 Å². The highest BCUT2D eigenvalue weighted by Crippen LogP contribution is 2.53. The Morgan fingerprint density at radius 2 is 1.74 bits per heavy atom. The highest BCUT2D eigenvalue weighted by atomic mass is 16.6. The van der Waals surface area contributed by atoms with E-state index in [0.717, 1.165) is 11.8 Å². The van der Waals surface area contributed by atoms with Crippen LogP contribution in [-0.4, -0.2) is 16.9 Å². The average Bonchev–Trinajstić information content (AvgIpc) is 2.49. The molecule has 4 aliphatic rings. The van der Waals surface area contributed by atoms with Crippen LogP contribution in [0.15, 0.2) is 18.2 Å².